The molecule has 0 saturated carbocycles. The highest BCUT2D eigenvalue weighted by atomic mass is 32.1. The topological polar surface area (TPSA) is 68.1 Å². The number of likely N-dealkylation sites (tertiary alicyclic amines) is 1. The second-order valence-corrected chi connectivity index (χ2v) is 7.54. The molecular formula is C17H20N4O2S. The van der Waals surface area contributed by atoms with E-state index in [2.05, 4.69) is 10.1 Å². The third kappa shape index (κ3) is 2.77. The quantitative estimate of drug-likeness (QED) is 0.849. The van der Waals surface area contributed by atoms with Crippen LogP contribution in [0, 0.1) is 12.8 Å². The van der Waals surface area contributed by atoms with Crippen molar-refractivity contribution in [1.82, 2.24) is 19.7 Å². The molecule has 0 spiro atoms. The molecule has 1 amide bonds. The summed E-state index contributed by atoms with van der Waals surface area (Å²) in [7, 11) is 0. The van der Waals surface area contributed by atoms with E-state index < -0.39 is 0 Å². The Bertz CT molecular complexity index is 835. The Labute approximate surface area is 144 Å². The van der Waals surface area contributed by atoms with Gasteiger partial charge in [-0.15, -0.1) is 11.3 Å². The molecule has 126 valence electrons. The SMILES string of the molecule is Cc1ncsc1C(=O)N1CC(Cn2nc3c(cc2=O)CCCC3)C1. The van der Waals surface area contributed by atoms with Crippen molar-refractivity contribution in [3.63, 3.8) is 0 Å². The number of fused-ring (bicyclic) bond motifs is 1. The number of thiazole rings is 1. The Kier molecular flexibility index (Phi) is 3.96. The van der Waals surface area contributed by atoms with E-state index in [0.29, 0.717) is 25.6 Å². The monoisotopic (exact) mass is 344 g/mol. The maximum absolute atomic E-state index is 12.4. The number of nitrogens with zero attached hydrogens (tertiary/aromatic N) is 4. The summed E-state index contributed by atoms with van der Waals surface area (Å²) in [6, 6.07) is 1.75. The normalized spacial score (nSPS) is 17.5. The first kappa shape index (κ1) is 15.5. The smallest absolute Gasteiger partial charge is 0.267 e. The van der Waals surface area contributed by atoms with Crippen LogP contribution in [-0.4, -0.2) is 38.7 Å². The summed E-state index contributed by atoms with van der Waals surface area (Å²) in [5.41, 5.74) is 4.68. The molecule has 1 aliphatic heterocycles. The van der Waals surface area contributed by atoms with E-state index in [0.717, 1.165) is 47.5 Å². The van der Waals surface area contributed by atoms with Crippen LogP contribution in [0.2, 0.25) is 0 Å². The van der Waals surface area contributed by atoms with Crippen LogP contribution < -0.4 is 5.56 Å². The summed E-state index contributed by atoms with van der Waals surface area (Å²) in [6.07, 6.45) is 4.24. The second kappa shape index (κ2) is 6.12. The van der Waals surface area contributed by atoms with E-state index in [4.69, 9.17) is 0 Å². The lowest BCUT2D eigenvalue weighted by Gasteiger charge is -2.39. The zero-order chi connectivity index (χ0) is 16.7. The van der Waals surface area contributed by atoms with Gasteiger partial charge in [-0.2, -0.15) is 5.10 Å². The summed E-state index contributed by atoms with van der Waals surface area (Å²) in [5, 5.41) is 4.56. The Morgan fingerprint density at radius 1 is 1.33 bits per heavy atom. The Balaban J connectivity index is 1.41. The summed E-state index contributed by atoms with van der Waals surface area (Å²) in [5.74, 6) is 0.353. The number of aromatic nitrogens is 3. The van der Waals surface area contributed by atoms with Crippen LogP contribution in [0.3, 0.4) is 0 Å². The molecule has 6 nitrogen and oxygen atoms in total. The van der Waals surface area contributed by atoms with Crippen molar-refractivity contribution in [2.24, 2.45) is 5.92 Å². The standard InChI is InChI=1S/C17H20N4O2S/c1-11-16(24-10-18-11)17(23)20-7-12(8-20)9-21-15(22)6-13-4-2-3-5-14(13)19-21/h6,10,12H,2-5,7-9H2,1H3. The van der Waals surface area contributed by atoms with Crippen molar-refractivity contribution in [2.75, 3.05) is 13.1 Å². The van der Waals surface area contributed by atoms with Crippen LogP contribution in [0.15, 0.2) is 16.4 Å². The maximum atomic E-state index is 12.4. The number of rotatable bonds is 3. The highest BCUT2D eigenvalue weighted by Gasteiger charge is 2.33. The maximum Gasteiger partial charge on any atom is 0.267 e. The van der Waals surface area contributed by atoms with Gasteiger partial charge >= 0.3 is 0 Å². The van der Waals surface area contributed by atoms with Crippen molar-refractivity contribution >= 4 is 17.2 Å². The third-order valence-electron chi connectivity index (χ3n) is 4.89. The summed E-state index contributed by atoms with van der Waals surface area (Å²) >= 11 is 1.39. The minimum absolute atomic E-state index is 0.0151. The average Bonchev–Trinajstić information content (AvgIpc) is 2.96. The van der Waals surface area contributed by atoms with Gasteiger partial charge in [0.1, 0.15) is 4.88 Å². The fourth-order valence-electron chi connectivity index (χ4n) is 3.48. The van der Waals surface area contributed by atoms with Crippen LogP contribution in [0.5, 0.6) is 0 Å². The molecule has 3 heterocycles. The van der Waals surface area contributed by atoms with E-state index in [9.17, 15) is 9.59 Å². The van der Waals surface area contributed by atoms with Gasteiger partial charge in [-0.1, -0.05) is 0 Å². The van der Waals surface area contributed by atoms with E-state index in [1.54, 1.807) is 16.3 Å². The molecule has 4 rings (SSSR count). The number of hydrogen-bond donors (Lipinski definition) is 0. The lowest BCUT2D eigenvalue weighted by atomic mass is 9.96. The van der Waals surface area contributed by atoms with E-state index in [1.165, 1.54) is 11.3 Å². The molecule has 0 bridgehead atoms. The lowest BCUT2D eigenvalue weighted by molar-refractivity contribution is 0.0462. The predicted octanol–water partition coefficient (Wildman–Crippen LogP) is 1.66. The van der Waals surface area contributed by atoms with E-state index in [1.807, 2.05) is 11.8 Å². The highest BCUT2D eigenvalue weighted by Crippen LogP contribution is 2.23. The fourth-order valence-corrected chi connectivity index (χ4v) is 4.25. The van der Waals surface area contributed by atoms with Gasteiger partial charge in [-0.3, -0.25) is 9.59 Å². The molecule has 1 saturated heterocycles. The van der Waals surface area contributed by atoms with Gasteiger partial charge in [0.15, 0.2) is 0 Å². The van der Waals surface area contributed by atoms with Crippen LogP contribution >= 0.6 is 11.3 Å². The molecule has 7 heteroatoms. The first-order valence-electron chi connectivity index (χ1n) is 8.41. The molecule has 0 radical (unpaired) electrons. The van der Waals surface area contributed by atoms with Crippen molar-refractivity contribution in [3.8, 4) is 0 Å². The molecular weight excluding hydrogens is 324 g/mol. The van der Waals surface area contributed by atoms with Crippen LogP contribution in [0.1, 0.15) is 39.5 Å². The first-order chi connectivity index (χ1) is 11.6. The number of carbonyl (C=O) groups is 1. The van der Waals surface area contributed by atoms with Gasteiger partial charge in [-0.05, 0) is 38.2 Å². The van der Waals surface area contributed by atoms with Crippen LogP contribution in [0.25, 0.3) is 0 Å². The highest BCUT2D eigenvalue weighted by molar-refractivity contribution is 7.11. The summed E-state index contributed by atoms with van der Waals surface area (Å²) < 4.78 is 1.59. The van der Waals surface area contributed by atoms with Crippen molar-refractivity contribution < 1.29 is 4.79 Å². The molecule has 2 aromatic heterocycles. The summed E-state index contributed by atoms with van der Waals surface area (Å²) in [6.45, 7) is 3.82. The molecule has 2 aliphatic rings. The zero-order valence-corrected chi connectivity index (χ0v) is 14.5. The van der Waals surface area contributed by atoms with Crippen molar-refractivity contribution in [1.29, 1.82) is 0 Å². The Hall–Kier alpha value is -2.02. The zero-order valence-electron chi connectivity index (χ0n) is 13.7. The van der Waals surface area contributed by atoms with E-state index >= 15 is 0 Å². The Morgan fingerprint density at radius 2 is 2.12 bits per heavy atom. The van der Waals surface area contributed by atoms with Gasteiger partial charge in [0.25, 0.3) is 11.5 Å². The van der Waals surface area contributed by atoms with Gasteiger partial charge in [0.2, 0.25) is 0 Å². The molecule has 2 aromatic rings. The summed E-state index contributed by atoms with van der Waals surface area (Å²) in [4.78, 5) is 31.3. The van der Waals surface area contributed by atoms with Gasteiger partial charge < -0.3 is 4.90 Å². The largest absolute Gasteiger partial charge is 0.337 e. The number of amides is 1. The van der Waals surface area contributed by atoms with Gasteiger partial charge in [0.05, 0.1) is 23.4 Å². The third-order valence-corrected chi connectivity index (χ3v) is 5.81. The fraction of sp³-hybridized carbons (Fsp3) is 0.529. The number of carbonyl (C=O) groups excluding carboxylic acids is 1. The molecule has 0 aromatic carbocycles. The van der Waals surface area contributed by atoms with E-state index in [-0.39, 0.29) is 11.5 Å². The molecule has 0 atom stereocenters. The van der Waals surface area contributed by atoms with Gasteiger partial charge in [-0.25, -0.2) is 9.67 Å². The minimum Gasteiger partial charge on any atom is -0.337 e. The molecule has 1 fully saturated rings. The first-order valence-corrected chi connectivity index (χ1v) is 9.29. The number of aryl methyl sites for hydroxylation is 3. The van der Waals surface area contributed by atoms with Crippen LogP contribution in [-0.2, 0) is 19.4 Å². The lowest BCUT2D eigenvalue weighted by Crippen LogP contribution is -2.52. The van der Waals surface area contributed by atoms with Gasteiger partial charge in [0, 0.05) is 25.1 Å². The van der Waals surface area contributed by atoms with Crippen molar-refractivity contribution in [2.45, 2.75) is 39.2 Å². The minimum atomic E-state index is -0.0151. The molecule has 0 unspecified atom stereocenters. The Morgan fingerprint density at radius 3 is 2.88 bits per heavy atom. The van der Waals surface area contributed by atoms with Crippen LogP contribution in [0.4, 0.5) is 0 Å². The molecule has 0 N–H and O–H groups in total. The molecule has 1 aliphatic carbocycles. The predicted molar refractivity (Wildman–Crippen MR) is 91.4 cm³/mol. The average molecular weight is 344 g/mol. The van der Waals surface area contributed by atoms with Crippen molar-refractivity contribution in [3.05, 3.63) is 43.8 Å². The number of hydrogen-bond acceptors (Lipinski definition) is 5. The second-order valence-electron chi connectivity index (χ2n) is 6.69. The molecule has 24 heavy (non-hydrogen) atoms.